The number of anilines is 1. The van der Waals surface area contributed by atoms with Gasteiger partial charge in [0, 0.05) is 41.2 Å². The van der Waals surface area contributed by atoms with Gasteiger partial charge in [0.15, 0.2) is 5.88 Å². The molecule has 0 aromatic heterocycles. The molecule has 1 saturated heterocycles. The summed E-state index contributed by atoms with van der Waals surface area (Å²) >= 11 is 1.68. The number of rotatable bonds is 4. The summed E-state index contributed by atoms with van der Waals surface area (Å²) < 4.78 is 8.92. The molecule has 3 heterocycles. The number of aryl methyl sites for hydroxylation is 1. The van der Waals surface area contributed by atoms with E-state index >= 15 is 0 Å². The Kier molecular flexibility index (Phi) is 5.03. The molecular weight excluding hydrogens is 396 g/mol. The number of nitrogens with two attached hydrogens (primary N) is 1. The highest BCUT2D eigenvalue weighted by atomic mass is 32.2. The summed E-state index contributed by atoms with van der Waals surface area (Å²) in [5.74, 6) is 0.336. The lowest BCUT2D eigenvalue weighted by Crippen LogP contribution is -2.66. The summed E-state index contributed by atoms with van der Waals surface area (Å²) in [5.41, 5.74) is 10.1. The Labute approximate surface area is 181 Å². The third kappa shape index (κ3) is 3.50. The van der Waals surface area contributed by atoms with Crippen LogP contribution in [0.15, 0.2) is 59.3 Å². The van der Waals surface area contributed by atoms with Crippen LogP contribution in [0.25, 0.3) is 0 Å². The molecule has 0 amide bonds. The van der Waals surface area contributed by atoms with Crippen molar-refractivity contribution in [1.82, 2.24) is 10.0 Å². The molecule has 0 spiro atoms. The van der Waals surface area contributed by atoms with Crippen LogP contribution in [0, 0.1) is 12.8 Å². The summed E-state index contributed by atoms with van der Waals surface area (Å²) in [6.45, 7) is 4.59. The predicted molar refractivity (Wildman–Crippen MR) is 120 cm³/mol. The van der Waals surface area contributed by atoms with E-state index in [1.807, 2.05) is 12.1 Å². The highest BCUT2D eigenvalue weighted by Gasteiger charge is 2.46. The van der Waals surface area contributed by atoms with Gasteiger partial charge >= 0.3 is 0 Å². The second kappa shape index (κ2) is 7.59. The van der Waals surface area contributed by atoms with Crippen LogP contribution in [0.5, 0.6) is 0 Å². The van der Waals surface area contributed by atoms with Crippen LogP contribution in [-0.4, -0.2) is 36.9 Å². The molecule has 2 aromatic carbocycles. The minimum atomic E-state index is -0.566. The molecule has 7 heteroatoms. The van der Waals surface area contributed by atoms with E-state index in [2.05, 4.69) is 58.7 Å². The highest BCUT2D eigenvalue weighted by Crippen LogP contribution is 2.44. The van der Waals surface area contributed by atoms with Crippen molar-refractivity contribution in [2.75, 3.05) is 31.6 Å². The zero-order valence-corrected chi connectivity index (χ0v) is 17.9. The Hall–Kier alpha value is -2.03. The van der Waals surface area contributed by atoms with Gasteiger partial charge < -0.3 is 26.2 Å². The fourth-order valence-corrected chi connectivity index (χ4v) is 5.51. The quantitative estimate of drug-likeness (QED) is 0.482. The van der Waals surface area contributed by atoms with Crippen molar-refractivity contribution in [3.8, 4) is 0 Å². The van der Waals surface area contributed by atoms with Gasteiger partial charge in [-0.1, -0.05) is 35.9 Å². The molecule has 6 N–H and O–H groups in total. The van der Waals surface area contributed by atoms with Crippen molar-refractivity contribution in [3.63, 3.8) is 0 Å². The third-order valence-electron chi connectivity index (χ3n) is 6.35. The molecule has 1 fully saturated rings. The molecule has 2 unspecified atom stereocenters. The first kappa shape index (κ1) is 19.9. The van der Waals surface area contributed by atoms with Crippen LogP contribution in [-0.2, 0) is 16.7 Å². The molecule has 2 aromatic rings. The summed E-state index contributed by atoms with van der Waals surface area (Å²) in [5, 5.41) is 17.6. The van der Waals surface area contributed by atoms with Gasteiger partial charge in [0.25, 0.3) is 0 Å². The van der Waals surface area contributed by atoms with Gasteiger partial charge in [0.2, 0.25) is 0 Å². The number of aliphatic hydroxyl groups is 1. The zero-order valence-electron chi connectivity index (χ0n) is 17.1. The number of hydrogen-bond acceptors (Lipinski definition) is 7. The van der Waals surface area contributed by atoms with Gasteiger partial charge in [-0.2, -0.15) is 0 Å². The van der Waals surface area contributed by atoms with Gasteiger partial charge in [-0.25, -0.2) is 0 Å². The Morgan fingerprint density at radius 2 is 2.10 bits per heavy atom. The number of aliphatic hydroxyl groups excluding tert-OH is 1. The SMILES string of the molecule is Cc1ccc2c(c1)C(NCC1(N)COC1)(C1CNSc3ccccc3C1)C=C(O)N2. The van der Waals surface area contributed by atoms with E-state index in [4.69, 9.17) is 10.5 Å². The third-order valence-corrected chi connectivity index (χ3v) is 7.28. The van der Waals surface area contributed by atoms with Crippen LogP contribution in [0.1, 0.15) is 16.7 Å². The molecule has 158 valence electrons. The second-order valence-corrected chi connectivity index (χ2v) is 9.67. The van der Waals surface area contributed by atoms with Crippen molar-refractivity contribution >= 4 is 17.6 Å². The monoisotopic (exact) mass is 424 g/mol. The molecule has 6 nitrogen and oxygen atoms in total. The summed E-state index contributed by atoms with van der Waals surface area (Å²) in [7, 11) is 0. The van der Waals surface area contributed by atoms with E-state index in [1.54, 1.807) is 11.9 Å². The van der Waals surface area contributed by atoms with E-state index in [9.17, 15) is 5.11 Å². The lowest BCUT2D eigenvalue weighted by atomic mass is 9.72. The van der Waals surface area contributed by atoms with Crippen molar-refractivity contribution in [3.05, 3.63) is 71.1 Å². The van der Waals surface area contributed by atoms with Crippen LogP contribution in [0.3, 0.4) is 0 Å². The molecule has 0 aliphatic carbocycles. The van der Waals surface area contributed by atoms with Crippen LogP contribution in [0.4, 0.5) is 5.69 Å². The van der Waals surface area contributed by atoms with Crippen LogP contribution < -0.4 is 21.1 Å². The van der Waals surface area contributed by atoms with Gasteiger partial charge in [-0.05, 0) is 43.0 Å². The minimum Gasteiger partial charge on any atom is -0.495 e. The Bertz CT molecular complexity index is 991. The maximum atomic E-state index is 10.7. The smallest absolute Gasteiger partial charge is 0.186 e. The standard InChI is InChI=1S/C23H28N4O2S/c1-15-6-7-19-18(8-15)23(10-21(28)27-19,25-12-22(24)13-29-14-22)17-9-16-4-2-3-5-20(16)30-26-11-17/h2-8,10,17,25-28H,9,11-14,24H2,1H3. The average molecular weight is 425 g/mol. The Balaban J connectivity index is 1.60. The molecule has 30 heavy (non-hydrogen) atoms. The number of nitrogens with one attached hydrogen (secondary N) is 3. The topological polar surface area (TPSA) is 91.6 Å². The van der Waals surface area contributed by atoms with Gasteiger partial charge in [0.1, 0.15) is 0 Å². The average Bonchev–Trinajstić information content (AvgIpc) is 2.94. The lowest BCUT2D eigenvalue weighted by molar-refractivity contribution is -0.0556. The molecule has 2 atom stereocenters. The highest BCUT2D eigenvalue weighted by molar-refractivity contribution is 7.97. The van der Waals surface area contributed by atoms with Crippen LogP contribution in [0.2, 0.25) is 0 Å². The predicted octanol–water partition coefficient (Wildman–Crippen LogP) is 2.80. The van der Waals surface area contributed by atoms with Gasteiger partial charge in [-0.3, -0.25) is 4.72 Å². The van der Waals surface area contributed by atoms with E-state index < -0.39 is 5.54 Å². The normalized spacial score (nSPS) is 27.0. The van der Waals surface area contributed by atoms with E-state index in [0.717, 1.165) is 24.2 Å². The molecule has 0 radical (unpaired) electrons. The fraction of sp³-hybridized carbons (Fsp3) is 0.391. The summed E-state index contributed by atoms with van der Waals surface area (Å²) in [4.78, 5) is 1.25. The van der Waals surface area contributed by atoms with Crippen molar-refractivity contribution < 1.29 is 9.84 Å². The molecule has 0 saturated carbocycles. The van der Waals surface area contributed by atoms with Crippen molar-refractivity contribution in [1.29, 1.82) is 0 Å². The van der Waals surface area contributed by atoms with E-state index in [0.29, 0.717) is 19.8 Å². The molecule has 0 bridgehead atoms. The summed E-state index contributed by atoms with van der Waals surface area (Å²) in [6.07, 6.45) is 2.82. The summed E-state index contributed by atoms with van der Waals surface area (Å²) in [6, 6.07) is 14.8. The first-order chi connectivity index (χ1) is 14.5. The van der Waals surface area contributed by atoms with Crippen molar-refractivity contribution in [2.45, 2.75) is 29.3 Å². The first-order valence-electron chi connectivity index (χ1n) is 10.4. The molecule has 3 aliphatic heterocycles. The maximum absolute atomic E-state index is 10.7. The van der Waals surface area contributed by atoms with E-state index in [-0.39, 0.29) is 17.3 Å². The molecular formula is C23H28N4O2S. The number of fused-ring (bicyclic) bond motifs is 2. The number of hydrogen-bond donors (Lipinski definition) is 5. The maximum Gasteiger partial charge on any atom is 0.186 e. The second-order valence-electron chi connectivity index (χ2n) is 8.74. The lowest BCUT2D eigenvalue weighted by Gasteiger charge is -2.47. The zero-order chi connectivity index (χ0) is 20.8. The van der Waals surface area contributed by atoms with E-state index in [1.165, 1.54) is 16.0 Å². The first-order valence-corrected chi connectivity index (χ1v) is 11.2. The Morgan fingerprint density at radius 1 is 1.27 bits per heavy atom. The largest absolute Gasteiger partial charge is 0.495 e. The molecule has 3 aliphatic rings. The van der Waals surface area contributed by atoms with Gasteiger partial charge in [0.05, 0.1) is 24.3 Å². The molecule has 5 rings (SSSR count). The van der Waals surface area contributed by atoms with Crippen LogP contribution >= 0.6 is 11.9 Å². The fourth-order valence-electron chi connectivity index (χ4n) is 4.65. The minimum absolute atomic E-state index is 0.167. The van der Waals surface area contributed by atoms with Gasteiger partial charge in [-0.15, -0.1) is 0 Å². The number of ether oxygens (including phenoxy) is 1. The Morgan fingerprint density at radius 3 is 2.90 bits per heavy atom. The number of benzene rings is 2. The van der Waals surface area contributed by atoms with Crippen molar-refractivity contribution in [2.24, 2.45) is 11.7 Å².